The van der Waals surface area contributed by atoms with Crippen molar-refractivity contribution in [1.82, 2.24) is 0 Å². The Morgan fingerprint density at radius 3 is 2.53 bits per heavy atom. The molecule has 0 atom stereocenters. The second-order valence-corrected chi connectivity index (χ2v) is 8.64. The zero-order valence-corrected chi connectivity index (χ0v) is 18.3. The average molecular weight is 446 g/mol. The Balaban J connectivity index is 1.42. The molecule has 3 aromatic rings. The molecule has 0 bridgehead atoms. The van der Waals surface area contributed by atoms with Crippen LogP contribution in [0.1, 0.15) is 45.6 Å². The number of ether oxygens (including phenoxy) is 1. The van der Waals surface area contributed by atoms with Crippen molar-refractivity contribution >= 4 is 33.8 Å². The van der Waals surface area contributed by atoms with Crippen LogP contribution >= 0.6 is 11.3 Å². The van der Waals surface area contributed by atoms with Crippen LogP contribution < -0.4 is 15.4 Å². The van der Waals surface area contributed by atoms with Gasteiger partial charge in [0.05, 0.1) is 11.1 Å². The normalized spacial score (nSPS) is 12.7. The first kappa shape index (κ1) is 21.6. The Labute approximate surface area is 190 Å². The monoisotopic (exact) mass is 445 g/mol. The van der Waals surface area contributed by atoms with E-state index < -0.39 is 0 Å². The van der Waals surface area contributed by atoms with Gasteiger partial charge in [0.2, 0.25) is 0 Å². The van der Waals surface area contributed by atoms with E-state index in [1.165, 1.54) is 22.6 Å². The number of aryl methyl sites for hydroxylation is 1. The molecule has 1 aromatic heterocycles. The number of carbonyl (C=O) groups is 2. The van der Waals surface area contributed by atoms with E-state index in [9.17, 15) is 14.9 Å². The maximum Gasteiger partial charge on any atom is 0.262 e. The van der Waals surface area contributed by atoms with Crippen LogP contribution in [0.3, 0.4) is 0 Å². The number of nitriles is 1. The predicted molar refractivity (Wildman–Crippen MR) is 125 cm³/mol. The van der Waals surface area contributed by atoms with E-state index in [-0.39, 0.29) is 18.4 Å². The number of amides is 2. The van der Waals surface area contributed by atoms with Gasteiger partial charge in [-0.1, -0.05) is 36.8 Å². The lowest BCUT2D eigenvalue weighted by Crippen LogP contribution is -2.21. The van der Waals surface area contributed by atoms with Crippen molar-refractivity contribution in [2.45, 2.75) is 32.1 Å². The molecular weight excluding hydrogens is 422 g/mol. The van der Waals surface area contributed by atoms with Gasteiger partial charge in [0, 0.05) is 10.6 Å². The molecule has 162 valence electrons. The van der Waals surface area contributed by atoms with Crippen molar-refractivity contribution in [2.24, 2.45) is 0 Å². The van der Waals surface area contributed by atoms with Crippen molar-refractivity contribution in [2.75, 3.05) is 17.2 Å². The van der Waals surface area contributed by atoms with Gasteiger partial charge in [-0.3, -0.25) is 9.59 Å². The number of hydrogen-bond acceptors (Lipinski definition) is 5. The van der Waals surface area contributed by atoms with Crippen LogP contribution in [0.5, 0.6) is 5.75 Å². The molecule has 1 aliphatic carbocycles. The van der Waals surface area contributed by atoms with Gasteiger partial charge in [0.15, 0.2) is 6.61 Å². The molecule has 0 fully saturated rings. The van der Waals surface area contributed by atoms with Gasteiger partial charge < -0.3 is 15.4 Å². The number of benzene rings is 2. The zero-order chi connectivity index (χ0) is 22.3. The van der Waals surface area contributed by atoms with Crippen molar-refractivity contribution in [1.29, 1.82) is 5.26 Å². The lowest BCUT2D eigenvalue weighted by Gasteiger charge is -2.12. The highest BCUT2D eigenvalue weighted by atomic mass is 32.1. The van der Waals surface area contributed by atoms with Crippen molar-refractivity contribution in [3.8, 4) is 11.8 Å². The maximum atomic E-state index is 12.7. The molecule has 0 aliphatic heterocycles. The summed E-state index contributed by atoms with van der Waals surface area (Å²) in [5.74, 6) is -0.365. The van der Waals surface area contributed by atoms with Crippen LogP contribution in [0, 0.1) is 11.3 Å². The van der Waals surface area contributed by atoms with Crippen molar-refractivity contribution in [3.63, 3.8) is 0 Å². The summed E-state index contributed by atoms with van der Waals surface area (Å²) in [5.41, 5.74) is 2.66. The van der Waals surface area contributed by atoms with Gasteiger partial charge in [-0.15, -0.1) is 11.3 Å². The number of anilines is 2. The van der Waals surface area contributed by atoms with Gasteiger partial charge in [-0.25, -0.2) is 0 Å². The Kier molecular flexibility index (Phi) is 6.83. The largest absolute Gasteiger partial charge is 0.483 e. The third kappa shape index (κ3) is 4.98. The molecule has 1 heterocycles. The highest BCUT2D eigenvalue weighted by Gasteiger charge is 2.21. The van der Waals surface area contributed by atoms with Crippen LogP contribution in [0.15, 0.2) is 54.6 Å². The summed E-state index contributed by atoms with van der Waals surface area (Å²) in [7, 11) is 0. The lowest BCUT2D eigenvalue weighted by molar-refractivity contribution is -0.118. The molecule has 0 saturated heterocycles. The van der Waals surface area contributed by atoms with Gasteiger partial charge in [-0.05, 0) is 55.5 Å². The molecule has 0 saturated carbocycles. The van der Waals surface area contributed by atoms with Crippen LogP contribution in [0.25, 0.3) is 0 Å². The molecule has 6 nitrogen and oxygen atoms in total. The fourth-order valence-electron chi connectivity index (χ4n) is 3.76. The Morgan fingerprint density at radius 1 is 0.969 bits per heavy atom. The van der Waals surface area contributed by atoms with E-state index in [0.29, 0.717) is 27.6 Å². The molecule has 2 N–H and O–H groups in total. The lowest BCUT2D eigenvalue weighted by atomic mass is 10.1. The van der Waals surface area contributed by atoms with Crippen LogP contribution in [0.4, 0.5) is 10.7 Å². The number of nitrogens with one attached hydrogen (secondary N) is 2. The molecule has 0 spiro atoms. The average Bonchev–Trinajstić information content (AvgIpc) is 2.97. The molecular formula is C25H23N3O3S. The topological polar surface area (TPSA) is 91.2 Å². The Bertz CT molecular complexity index is 1160. The van der Waals surface area contributed by atoms with Crippen LogP contribution in [0.2, 0.25) is 0 Å². The molecule has 1 aliphatic rings. The van der Waals surface area contributed by atoms with Crippen molar-refractivity contribution in [3.05, 3.63) is 76.2 Å². The van der Waals surface area contributed by atoms with E-state index in [4.69, 9.17) is 4.74 Å². The van der Waals surface area contributed by atoms with E-state index in [1.807, 2.05) is 18.2 Å². The van der Waals surface area contributed by atoms with E-state index >= 15 is 0 Å². The van der Waals surface area contributed by atoms with E-state index in [2.05, 4.69) is 16.7 Å². The third-order valence-corrected chi connectivity index (χ3v) is 6.52. The number of rotatable bonds is 6. The zero-order valence-electron chi connectivity index (χ0n) is 17.5. The molecule has 0 unspecified atom stereocenters. The first-order chi connectivity index (χ1) is 15.7. The summed E-state index contributed by atoms with van der Waals surface area (Å²) < 4.78 is 5.67. The number of fused-ring (bicyclic) bond motifs is 1. The molecule has 4 rings (SSSR count). The standard InChI is InChI=1S/C25H23N3O3S/c26-15-20-18-11-5-2-6-14-22(18)32-25(20)28-23(29)16-31-21-13-8-7-12-19(21)24(30)27-17-9-3-1-4-10-17/h1,3-4,7-10,12-13H,2,5-6,11,14,16H2,(H,27,30)(H,28,29). The quantitative estimate of drug-likeness (QED) is 0.513. The minimum Gasteiger partial charge on any atom is -0.483 e. The summed E-state index contributed by atoms with van der Waals surface area (Å²) in [6.07, 6.45) is 5.17. The summed E-state index contributed by atoms with van der Waals surface area (Å²) >= 11 is 1.49. The summed E-state index contributed by atoms with van der Waals surface area (Å²) in [6.45, 7) is -0.261. The molecule has 2 amide bonds. The fraction of sp³-hybridized carbons (Fsp3) is 0.240. The number of thiophene rings is 1. The SMILES string of the molecule is N#Cc1c(NC(=O)COc2ccccc2C(=O)Nc2ccccc2)sc2c1CCCCC2. The highest BCUT2D eigenvalue weighted by molar-refractivity contribution is 7.16. The minimum absolute atomic E-state index is 0.261. The minimum atomic E-state index is -0.365. The van der Waals surface area contributed by atoms with Crippen LogP contribution in [-0.4, -0.2) is 18.4 Å². The van der Waals surface area contributed by atoms with Gasteiger partial charge in [0.25, 0.3) is 11.8 Å². The number of para-hydroxylation sites is 2. The van der Waals surface area contributed by atoms with Crippen LogP contribution in [-0.2, 0) is 17.6 Å². The molecule has 7 heteroatoms. The van der Waals surface area contributed by atoms with Gasteiger partial charge in [0.1, 0.15) is 16.8 Å². The predicted octanol–water partition coefficient (Wildman–Crippen LogP) is 5.16. The first-order valence-electron chi connectivity index (χ1n) is 10.6. The Hall–Kier alpha value is -3.63. The summed E-state index contributed by atoms with van der Waals surface area (Å²) in [5, 5.41) is 15.9. The third-order valence-electron chi connectivity index (χ3n) is 5.31. The fourth-order valence-corrected chi connectivity index (χ4v) is 5.01. The number of nitrogens with zero attached hydrogens (tertiary/aromatic N) is 1. The summed E-state index contributed by atoms with van der Waals surface area (Å²) in [4.78, 5) is 26.4. The van der Waals surface area contributed by atoms with Gasteiger partial charge in [-0.2, -0.15) is 5.26 Å². The second-order valence-electron chi connectivity index (χ2n) is 7.53. The van der Waals surface area contributed by atoms with E-state index in [0.717, 1.165) is 31.2 Å². The summed E-state index contributed by atoms with van der Waals surface area (Å²) in [6, 6.07) is 18.2. The number of hydrogen-bond donors (Lipinski definition) is 2. The molecule has 0 radical (unpaired) electrons. The second kappa shape index (κ2) is 10.1. The van der Waals surface area contributed by atoms with E-state index in [1.54, 1.807) is 36.4 Å². The van der Waals surface area contributed by atoms with Crippen molar-refractivity contribution < 1.29 is 14.3 Å². The smallest absolute Gasteiger partial charge is 0.262 e. The Morgan fingerprint density at radius 2 is 1.72 bits per heavy atom. The van der Waals surface area contributed by atoms with Gasteiger partial charge >= 0.3 is 0 Å². The maximum absolute atomic E-state index is 12.7. The molecule has 32 heavy (non-hydrogen) atoms. The molecule has 2 aromatic carbocycles. The first-order valence-corrected chi connectivity index (χ1v) is 11.4. The highest BCUT2D eigenvalue weighted by Crippen LogP contribution is 2.37. The number of carbonyl (C=O) groups excluding carboxylic acids is 2.